The van der Waals surface area contributed by atoms with Crippen molar-refractivity contribution in [2.45, 2.75) is 38.7 Å². The fourth-order valence-electron chi connectivity index (χ4n) is 3.28. The molecule has 142 valence electrons. The minimum atomic E-state index is -0.472. The molecule has 1 atom stereocenters. The second-order valence-corrected chi connectivity index (χ2v) is 7.13. The van der Waals surface area contributed by atoms with Crippen LogP contribution in [0.4, 0.5) is 0 Å². The predicted octanol–water partition coefficient (Wildman–Crippen LogP) is 2.90. The van der Waals surface area contributed by atoms with Gasteiger partial charge in [0.2, 0.25) is 0 Å². The van der Waals surface area contributed by atoms with Gasteiger partial charge in [0, 0.05) is 25.3 Å². The third-order valence-corrected chi connectivity index (χ3v) is 5.02. The van der Waals surface area contributed by atoms with Crippen LogP contribution < -0.4 is 4.74 Å². The summed E-state index contributed by atoms with van der Waals surface area (Å²) in [4.78, 5) is 26.8. The normalized spacial score (nSPS) is 20.8. The highest BCUT2D eigenvalue weighted by atomic mass is 16.5. The van der Waals surface area contributed by atoms with Crippen LogP contribution in [-0.2, 0) is 9.47 Å². The van der Waals surface area contributed by atoms with Crippen molar-refractivity contribution < 1.29 is 23.8 Å². The highest BCUT2D eigenvalue weighted by Crippen LogP contribution is 2.28. The second kappa shape index (κ2) is 8.54. The quantitative estimate of drug-likeness (QED) is 0.755. The fourth-order valence-corrected chi connectivity index (χ4v) is 3.28. The van der Waals surface area contributed by atoms with Gasteiger partial charge in [-0.15, -0.1) is 0 Å². The average Bonchev–Trinajstić information content (AvgIpc) is 2.83. The van der Waals surface area contributed by atoms with Crippen LogP contribution in [0.25, 0.3) is 0 Å². The predicted molar refractivity (Wildman–Crippen MR) is 96.6 cm³/mol. The van der Waals surface area contributed by atoms with Crippen molar-refractivity contribution in [3.8, 4) is 5.75 Å². The molecule has 0 N–H and O–H groups in total. The first-order chi connectivity index (χ1) is 12.6. The Kier molecular flexibility index (Phi) is 6.14. The van der Waals surface area contributed by atoms with E-state index < -0.39 is 5.97 Å². The number of ether oxygens (including phenoxy) is 3. The zero-order valence-corrected chi connectivity index (χ0v) is 15.5. The fraction of sp³-hybridized carbons (Fsp3) is 0.600. The van der Waals surface area contributed by atoms with E-state index in [9.17, 15) is 9.59 Å². The molecule has 3 rings (SSSR count). The van der Waals surface area contributed by atoms with Crippen molar-refractivity contribution in [2.24, 2.45) is 5.92 Å². The molecule has 1 aliphatic heterocycles. The van der Waals surface area contributed by atoms with Gasteiger partial charge in [0.1, 0.15) is 5.75 Å². The summed E-state index contributed by atoms with van der Waals surface area (Å²) < 4.78 is 16.3. The van der Waals surface area contributed by atoms with Gasteiger partial charge in [-0.05, 0) is 50.3 Å². The van der Waals surface area contributed by atoms with Crippen molar-refractivity contribution in [3.63, 3.8) is 0 Å². The Labute approximate surface area is 154 Å². The van der Waals surface area contributed by atoms with Crippen molar-refractivity contribution >= 4 is 11.9 Å². The molecule has 26 heavy (non-hydrogen) atoms. The number of esters is 1. The van der Waals surface area contributed by atoms with Gasteiger partial charge in [0.25, 0.3) is 5.91 Å². The molecule has 6 nitrogen and oxygen atoms in total. The Bertz CT molecular complexity index is 656. The molecule has 1 heterocycles. The first-order valence-electron chi connectivity index (χ1n) is 9.34. The number of carbonyl (C=O) groups is 2. The molecule has 1 saturated carbocycles. The lowest BCUT2D eigenvalue weighted by Gasteiger charge is -2.25. The van der Waals surface area contributed by atoms with E-state index in [2.05, 4.69) is 0 Å². The first kappa shape index (κ1) is 18.7. The van der Waals surface area contributed by atoms with E-state index in [0.717, 1.165) is 6.42 Å². The number of benzene rings is 1. The third kappa shape index (κ3) is 4.55. The minimum absolute atomic E-state index is 0.000392. The molecular formula is C20H27NO5. The van der Waals surface area contributed by atoms with Gasteiger partial charge in [-0.2, -0.15) is 0 Å². The molecule has 1 aromatic carbocycles. The Morgan fingerprint density at radius 1 is 1.19 bits per heavy atom. The summed E-state index contributed by atoms with van der Waals surface area (Å²) in [6, 6.07) is 4.96. The molecule has 0 bridgehead atoms. The van der Waals surface area contributed by atoms with Gasteiger partial charge in [0.05, 0.1) is 25.4 Å². The number of hydrogen-bond donors (Lipinski definition) is 0. The van der Waals surface area contributed by atoms with Crippen LogP contribution in [0.1, 0.15) is 53.3 Å². The molecule has 0 radical (unpaired) electrons. The maximum Gasteiger partial charge on any atom is 0.338 e. The van der Waals surface area contributed by atoms with Gasteiger partial charge in [0.15, 0.2) is 0 Å². The molecule has 0 aromatic heterocycles. The highest BCUT2D eigenvalue weighted by Gasteiger charge is 2.24. The zero-order valence-electron chi connectivity index (χ0n) is 15.5. The Hall–Kier alpha value is -2.08. The highest BCUT2D eigenvalue weighted by molar-refractivity contribution is 5.98. The standard InChI is InChI=1S/C20H27NO5/c1-14-12-21(7-4-8-25-14)19(22)16-9-17(20(23)24-2)11-18(10-16)26-13-15-5-3-6-15/h9-11,14-15H,3-8,12-13H2,1-2H3/t14-/m0/s1. The van der Waals surface area contributed by atoms with E-state index in [1.807, 2.05) is 6.92 Å². The van der Waals surface area contributed by atoms with E-state index in [1.54, 1.807) is 23.1 Å². The molecule has 1 saturated heterocycles. The molecule has 0 spiro atoms. The van der Waals surface area contributed by atoms with Crippen molar-refractivity contribution in [3.05, 3.63) is 29.3 Å². The molecule has 2 fully saturated rings. The van der Waals surface area contributed by atoms with Crippen molar-refractivity contribution in [1.29, 1.82) is 0 Å². The van der Waals surface area contributed by atoms with Crippen LogP contribution in [0, 0.1) is 5.92 Å². The summed E-state index contributed by atoms with van der Waals surface area (Å²) in [5, 5.41) is 0. The maximum absolute atomic E-state index is 13.0. The van der Waals surface area contributed by atoms with Crippen LogP contribution in [-0.4, -0.2) is 56.3 Å². The number of hydrogen-bond acceptors (Lipinski definition) is 5. The summed E-state index contributed by atoms with van der Waals surface area (Å²) >= 11 is 0. The Morgan fingerprint density at radius 2 is 1.96 bits per heavy atom. The van der Waals surface area contributed by atoms with Crippen molar-refractivity contribution in [1.82, 2.24) is 4.90 Å². The molecule has 1 aliphatic carbocycles. The molecule has 6 heteroatoms. The smallest absolute Gasteiger partial charge is 0.338 e. The monoisotopic (exact) mass is 361 g/mol. The average molecular weight is 361 g/mol. The van der Waals surface area contributed by atoms with Gasteiger partial charge in [-0.1, -0.05) is 6.42 Å². The number of amides is 1. The second-order valence-electron chi connectivity index (χ2n) is 7.13. The molecular weight excluding hydrogens is 334 g/mol. The molecule has 0 unspecified atom stereocenters. The molecule has 1 aromatic rings. The van der Waals surface area contributed by atoms with Crippen LogP contribution in [0.5, 0.6) is 5.75 Å². The van der Waals surface area contributed by atoms with E-state index in [0.29, 0.717) is 49.1 Å². The lowest BCUT2D eigenvalue weighted by Crippen LogP contribution is -2.36. The maximum atomic E-state index is 13.0. The van der Waals surface area contributed by atoms with Crippen LogP contribution >= 0.6 is 0 Å². The van der Waals surface area contributed by atoms with Crippen LogP contribution in [0.15, 0.2) is 18.2 Å². The lowest BCUT2D eigenvalue weighted by molar-refractivity contribution is 0.0562. The van der Waals surface area contributed by atoms with Gasteiger partial charge in [-0.25, -0.2) is 4.79 Å². The first-order valence-corrected chi connectivity index (χ1v) is 9.34. The van der Waals surface area contributed by atoms with E-state index in [1.165, 1.54) is 26.4 Å². The lowest BCUT2D eigenvalue weighted by atomic mass is 9.86. The third-order valence-electron chi connectivity index (χ3n) is 5.02. The summed E-state index contributed by atoms with van der Waals surface area (Å²) in [7, 11) is 1.33. The van der Waals surface area contributed by atoms with Crippen LogP contribution in [0.2, 0.25) is 0 Å². The van der Waals surface area contributed by atoms with E-state index in [-0.39, 0.29) is 12.0 Å². The minimum Gasteiger partial charge on any atom is -0.493 e. The largest absolute Gasteiger partial charge is 0.493 e. The zero-order chi connectivity index (χ0) is 18.5. The van der Waals surface area contributed by atoms with Gasteiger partial charge in [-0.3, -0.25) is 4.79 Å². The molecule has 2 aliphatic rings. The summed E-state index contributed by atoms with van der Waals surface area (Å²) in [5.41, 5.74) is 0.784. The van der Waals surface area contributed by atoms with E-state index >= 15 is 0 Å². The molecule has 1 amide bonds. The number of methoxy groups -OCH3 is 1. The summed E-state index contributed by atoms with van der Waals surface area (Å²) in [5.74, 6) is 0.532. The van der Waals surface area contributed by atoms with Crippen LogP contribution in [0.3, 0.4) is 0 Å². The summed E-state index contributed by atoms with van der Waals surface area (Å²) in [6.45, 7) is 4.42. The van der Waals surface area contributed by atoms with Crippen molar-refractivity contribution in [2.75, 3.05) is 33.4 Å². The van der Waals surface area contributed by atoms with Gasteiger partial charge < -0.3 is 19.1 Å². The Morgan fingerprint density at radius 3 is 2.65 bits per heavy atom. The number of rotatable bonds is 5. The Balaban J connectivity index is 1.80. The van der Waals surface area contributed by atoms with E-state index in [4.69, 9.17) is 14.2 Å². The van der Waals surface area contributed by atoms with Gasteiger partial charge >= 0.3 is 5.97 Å². The summed E-state index contributed by atoms with van der Waals surface area (Å²) in [6.07, 6.45) is 4.40. The topological polar surface area (TPSA) is 65.1 Å². The number of nitrogens with zero attached hydrogens (tertiary/aromatic N) is 1. The SMILES string of the molecule is COC(=O)c1cc(OCC2CCC2)cc(C(=O)N2CCCO[C@@H](C)C2)c1. The number of carbonyl (C=O) groups excluding carboxylic acids is 2.